The molecule has 20 heavy (non-hydrogen) atoms. The van der Waals surface area contributed by atoms with Gasteiger partial charge < -0.3 is 5.11 Å². The normalized spacial score (nSPS) is 11.3. The Balaban J connectivity index is 2.47. The Morgan fingerprint density at radius 1 is 1.00 bits per heavy atom. The van der Waals surface area contributed by atoms with Crippen LogP contribution in [0.4, 0.5) is 14.5 Å². The van der Waals surface area contributed by atoms with E-state index in [9.17, 15) is 17.2 Å². The Bertz CT molecular complexity index is 712. The predicted molar refractivity (Wildman–Crippen MR) is 69.5 cm³/mol. The van der Waals surface area contributed by atoms with Gasteiger partial charge in [0.1, 0.15) is 17.3 Å². The van der Waals surface area contributed by atoms with E-state index in [1.807, 2.05) is 4.72 Å². The second-order valence-corrected chi connectivity index (χ2v) is 5.62. The first-order valence-corrected chi connectivity index (χ1v) is 7.09. The van der Waals surface area contributed by atoms with Gasteiger partial charge in [0.05, 0.1) is 11.5 Å². The van der Waals surface area contributed by atoms with Crippen molar-refractivity contribution in [3.05, 3.63) is 59.7 Å². The molecule has 7 heteroatoms. The number of aliphatic hydroxyl groups excluding tert-OH is 1. The van der Waals surface area contributed by atoms with Crippen molar-refractivity contribution >= 4 is 15.7 Å². The van der Waals surface area contributed by atoms with Gasteiger partial charge in [-0.3, -0.25) is 4.72 Å². The van der Waals surface area contributed by atoms with E-state index in [1.165, 1.54) is 18.2 Å². The van der Waals surface area contributed by atoms with Crippen LogP contribution in [0.2, 0.25) is 0 Å². The molecule has 0 saturated carbocycles. The van der Waals surface area contributed by atoms with Crippen LogP contribution in [0, 0.1) is 11.6 Å². The fraction of sp³-hybridized carbons (Fsp3) is 0.0769. The summed E-state index contributed by atoms with van der Waals surface area (Å²) in [5.41, 5.74) is -0.614. The van der Waals surface area contributed by atoms with Gasteiger partial charge in [-0.05, 0) is 23.8 Å². The molecule has 2 aromatic carbocycles. The Labute approximate surface area is 114 Å². The van der Waals surface area contributed by atoms with Crippen molar-refractivity contribution in [2.45, 2.75) is 11.5 Å². The summed E-state index contributed by atoms with van der Waals surface area (Å²) >= 11 is 0. The van der Waals surface area contributed by atoms with Crippen molar-refractivity contribution < 1.29 is 22.3 Å². The number of aliphatic hydroxyl groups is 1. The van der Waals surface area contributed by atoms with E-state index in [2.05, 4.69) is 0 Å². The molecule has 0 amide bonds. The van der Waals surface area contributed by atoms with Gasteiger partial charge in [-0.15, -0.1) is 0 Å². The van der Waals surface area contributed by atoms with Gasteiger partial charge in [-0.1, -0.05) is 24.3 Å². The molecule has 0 heterocycles. The Hall–Kier alpha value is -1.99. The van der Waals surface area contributed by atoms with E-state index in [-0.39, 0.29) is 10.5 Å². The highest BCUT2D eigenvalue weighted by Crippen LogP contribution is 2.23. The summed E-state index contributed by atoms with van der Waals surface area (Å²) < 4.78 is 53.0. The first-order valence-electron chi connectivity index (χ1n) is 5.61. The molecule has 0 aliphatic rings. The molecule has 2 N–H and O–H groups in total. The molecule has 0 aromatic heterocycles. The van der Waals surface area contributed by atoms with Crippen molar-refractivity contribution in [2.24, 2.45) is 0 Å². The maximum Gasteiger partial charge on any atom is 0.262 e. The number of benzene rings is 2. The van der Waals surface area contributed by atoms with Crippen LogP contribution in [0.5, 0.6) is 0 Å². The van der Waals surface area contributed by atoms with E-state index in [4.69, 9.17) is 5.11 Å². The highest BCUT2D eigenvalue weighted by atomic mass is 32.2. The quantitative estimate of drug-likeness (QED) is 0.910. The molecular weight excluding hydrogens is 288 g/mol. The Morgan fingerprint density at radius 2 is 1.60 bits per heavy atom. The molecule has 0 radical (unpaired) electrons. The van der Waals surface area contributed by atoms with Crippen LogP contribution in [0.1, 0.15) is 5.56 Å². The molecular formula is C13H11F2NO3S. The minimum absolute atomic E-state index is 0.136. The average molecular weight is 299 g/mol. The number of nitrogens with one attached hydrogen (secondary N) is 1. The zero-order valence-electron chi connectivity index (χ0n) is 10.2. The fourth-order valence-corrected chi connectivity index (χ4v) is 2.99. The smallest absolute Gasteiger partial charge is 0.262 e. The van der Waals surface area contributed by atoms with E-state index < -0.39 is 34.0 Å². The summed E-state index contributed by atoms with van der Waals surface area (Å²) in [6.45, 7) is -0.503. The van der Waals surface area contributed by atoms with Gasteiger partial charge in [-0.25, -0.2) is 17.2 Å². The van der Waals surface area contributed by atoms with Gasteiger partial charge in [0.25, 0.3) is 10.0 Å². The van der Waals surface area contributed by atoms with Crippen molar-refractivity contribution in [3.63, 3.8) is 0 Å². The zero-order chi connectivity index (χ0) is 14.8. The molecule has 2 aromatic rings. The predicted octanol–water partition coefficient (Wildman–Crippen LogP) is 2.26. The number of halogens is 2. The van der Waals surface area contributed by atoms with E-state index in [0.717, 1.165) is 18.2 Å². The molecule has 0 bridgehead atoms. The van der Waals surface area contributed by atoms with Crippen LogP contribution in [0.25, 0.3) is 0 Å². The van der Waals surface area contributed by atoms with Crippen LogP contribution in [0.15, 0.2) is 47.4 Å². The lowest BCUT2D eigenvalue weighted by Crippen LogP contribution is -2.17. The van der Waals surface area contributed by atoms with Gasteiger partial charge >= 0.3 is 0 Å². The second kappa shape index (κ2) is 5.56. The summed E-state index contributed by atoms with van der Waals surface area (Å²) in [4.78, 5) is -0.231. The summed E-state index contributed by atoms with van der Waals surface area (Å²) in [6.07, 6.45) is 0. The van der Waals surface area contributed by atoms with Crippen LogP contribution >= 0.6 is 0 Å². The molecule has 0 aliphatic carbocycles. The van der Waals surface area contributed by atoms with Crippen LogP contribution in [-0.2, 0) is 16.6 Å². The lowest BCUT2D eigenvalue weighted by molar-refractivity contribution is 0.278. The summed E-state index contributed by atoms with van der Waals surface area (Å²) in [7, 11) is -4.19. The summed E-state index contributed by atoms with van der Waals surface area (Å²) in [5.74, 6) is -2.04. The largest absolute Gasteiger partial charge is 0.392 e. The number of sulfonamides is 1. The molecule has 106 valence electrons. The summed E-state index contributed by atoms with van der Waals surface area (Å²) in [6, 6.07) is 8.67. The zero-order valence-corrected chi connectivity index (χ0v) is 11.0. The van der Waals surface area contributed by atoms with E-state index >= 15 is 0 Å². The van der Waals surface area contributed by atoms with Gasteiger partial charge in [0, 0.05) is 0 Å². The lowest BCUT2D eigenvalue weighted by atomic mass is 10.2. The highest BCUT2D eigenvalue weighted by molar-refractivity contribution is 7.92. The molecule has 0 spiro atoms. The van der Waals surface area contributed by atoms with Crippen molar-refractivity contribution in [2.75, 3.05) is 4.72 Å². The van der Waals surface area contributed by atoms with Crippen molar-refractivity contribution in [1.29, 1.82) is 0 Å². The average Bonchev–Trinajstić information content (AvgIpc) is 2.43. The molecule has 0 fully saturated rings. The second-order valence-electron chi connectivity index (χ2n) is 3.97. The number of rotatable bonds is 4. The molecule has 0 unspecified atom stereocenters. The van der Waals surface area contributed by atoms with Crippen LogP contribution < -0.4 is 4.72 Å². The summed E-state index contributed by atoms with van der Waals surface area (Å²) in [5, 5.41) is 9.12. The van der Waals surface area contributed by atoms with Crippen LogP contribution in [-0.4, -0.2) is 13.5 Å². The fourth-order valence-electron chi connectivity index (χ4n) is 1.68. The molecule has 0 saturated heterocycles. The van der Waals surface area contributed by atoms with Crippen LogP contribution in [0.3, 0.4) is 0 Å². The topological polar surface area (TPSA) is 66.4 Å². The first-order chi connectivity index (χ1) is 9.45. The number of hydrogen-bond acceptors (Lipinski definition) is 3. The van der Waals surface area contributed by atoms with E-state index in [0.29, 0.717) is 0 Å². The highest BCUT2D eigenvalue weighted by Gasteiger charge is 2.21. The number of hydrogen-bond donors (Lipinski definition) is 2. The minimum atomic E-state index is -4.19. The van der Waals surface area contributed by atoms with Crippen molar-refractivity contribution in [3.8, 4) is 0 Å². The van der Waals surface area contributed by atoms with Crippen molar-refractivity contribution in [1.82, 2.24) is 0 Å². The maximum atomic E-state index is 13.5. The number of para-hydroxylation sites is 1. The van der Waals surface area contributed by atoms with Gasteiger partial charge in [0.2, 0.25) is 0 Å². The Morgan fingerprint density at radius 3 is 2.20 bits per heavy atom. The first kappa shape index (κ1) is 14.4. The van der Waals surface area contributed by atoms with E-state index in [1.54, 1.807) is 6.07 Å². The third-order valence-corrected chi connectivity index (χ3v) is 4.08. The Kier molecular flexibility index (Phi) is 4.01. The lowest BCUT2D eigenvalue weighted by Gasteiger charge is -2.12. The maximum absolute atomic E-state index is 13.5. The third-order valence-electron chi connectivity index (χ3n) is 2.63. The van der Waals surface area contributed by atoms with Gasteiger partial charge in [-0.2, -0.15) is 0 Å². The SMILES string of the molecule is O=S(=O)(Nc1c(F)cccc1F)c1ccccc1CO. The monoisotopic (exact) mass is 299 g/mol. The molecule has 0 aliphatic heterocycles. The number of anilines is 1. The third kappa shape index (κ3) is 2.78. The molecule has 0 atom stereocenters. The minimum Gasteiger partial charge on any atom is -0.392 e. The van der Waals surface area contributed by atoms with Gasteiger partial charge in [0.15, 0.2) is 0 Å². The molecule has 2 rings (SSSR count). The molecule has 4 nitrogen and oxygen atoms in total. The standard InChI is InChI=1S/C13H11F2NO3S/c14-10-5-3-6-11(15)13(10)16-20(18,19)12-7-2-1-4-9(12)8-17/h1-7,16-17H,8H2.